The number of aliphatic hydroxyl groups is 1. The average Bonchev–Trinajstić information content (AvgIpc) is 3.18. The maximum absolute atomic E-state index is 14.0. The number of fused-ring (bicyclic) bond motifs is 3. The maximum Gasteiger partial charge on any atom is 0.182 e. The zero-order valence-electron chi connectivity index (χ0n) is 18.6. The van der Waals surface area contributed by atoms with Crippen LogP contribution in [-0.4, -0.2) is 31.5 Å². The van der Waals surface area contributed by atoms with Crippen molar-refractivity contribution in [1.29, 1.82) is 0 Å². The van der Waals surface area contributed by atoms with Crippen LogP contribution in [0.25, 0.3) is 0 Å². The minimum atomic E-state index is -3.60. The van der Waals surface area contributed by atoms with E-state index in [1.807, 2.05) is 18.2 Å². The van der Waals surface area contributed by atoms with Gasteiger partial charge in [-0.2, -0.15) is 0 Å². The van der Waals surface area contributed by atoms with Crippen LogP contribution < -0.4 is 4.74 Å². The normalized spacial score (nSPS) is 39.3. The second kappa shape index (κ2) is 6.48. The molecule has 5 heteroatoms. The summed E-state index contributed by atoms with van der Waals surface area (Å²) in [7, 11) is -1.90. The SMILES string of the molecule is COc1ccc2c(c1)CC[C@H]1[C@@H]2CC[C@@]2(C)[C@]13C=C[C@@]2(O)C[C@@H]3S(=O)(=O)c1ccccc1. The van der Waals surface area contributed by atoms with Gasteiger partial charge >= 0.3 is 0 Å². The molecule has 2 bridgehead atoms. The Hall–Kier alpha value is -2.11. The molecule has 4 aliphatic rings. The van der Waals surface area contributed by atoms with Crippen molar-refractivity contribution in [1.82, 2.24) is 0 Å². The molecule has 0 heterocycles. The van der Waals surface area contributed by atoms with Crippen LogP contribution in [0, 0.1) is 16.7 Å². The summed E-state index contributed by atoms with van der Waals surface area (Å²) in [5, 5.41) is 11.2. The van der Waals surface area contributed by atoms with Crippen molar-refractivity contribution >= 4 is 9.84 Å². The van der Waals surface area contributed by atoms with E-state index in [9.17, 15) is 13.5 Å². The van der Waals surface area contributed by atoms with Gasteiger partial charge in [0, 0.05) is 10.8 Å². The number of allylic oxidation sites excluding steroid dienone is 1. The van der Waals surface area contributed by atoms with Gasteiger partial charge in [0.15, 0.2) is 9.84 Å². The Morgan fingerprint density at radius 3 is 2.59 bits per heavy atom. The zero-order valence-corrected chi connectivity index (χ0v) is 19.4. The fourth-order valence-corrected chi connectivity index (χ4v) is 10.3. The molecule has 2 aromatic carbocycles. The van der Waals surface area contributed by atoms with E-state index in [1.165, 1.54) is 11.1 Å². The van der Waals surface area contributed by atoms with Crippen molar-refractivity contribution in [2.75, 3.05) is 7.11 Å². The number of methoxy groups -OCH3 is 1. The summed E-state index contributed by atoms with van der Waals surface area (Å²) < 4.78 is 33.5. The minimum absolute atomic E-state index is 0.193. The topological polar surface area (TPSA) is 63.6 Å². The van der Waals surface area contributed by atoms with E-state index in [2.05, 4.69) is 25.1 Å². The Kier molecular flexibility index (Phi) is 4.15. The third-order valence-corrected chi connectivity index (χ3v) is 11.8. The molecule has 6 atom stereocenters. The molecule has 1 N–H and O–H groups in total. The summed E-state index contributed by atoms with van der Waals surface area (Å²) in [4.78, 5) is 0.370. The molecule has 0 saturated heterocycles. The van der Waals surface area contributed by atoms with Crippen LogP contribution in [0.1, 0.15) is 49.7 Å². The molecule has 4 nitrogen and oxygen atoms in total. The summed E-state index contributed by atoms with van der Waals surface area (Å²) in [6.45, 7) is 2.15. The molecule has 4 aliphatic carbocycles. The molecule has 0 aliphatic heterocycles. The lowest BCUT2D eigenvalue weighted by atomic mass is 9.48. The standard InChI is InChI=1S/C27H30O4S/c1-25-13-12-22-21-10-9-19(31-2)16-18(21)8-11-23(22)27(25)15-14-26(25,28)17-24(27)32(29,30)20-6-4-3-5-7-20/h3-7,9-10,14-16,22-24,28H,8,11-13,17H2,1-2H3/t22-,23+,24+,25-,26-,27-/m1/s1. The third-order valence-electron chi connectivity index (χ3n) is 9.55. The van der Waals surface area contributed by atoms with Gasteiger partial charge in [-0.15, -0.1) is 0 Å². The second-order valence-electron chi connectivity index (χ2n) is 10.4. The first-order valence-electron chi connectivity index (χ1n) is 11.7. The lowest BCUT2D eigenvalue weighted by molar-refractivity contribution is -0.0865. The maximum atomic E-state index is 14.0. The van der Waals surface area contributed by atoms with Gasteiger partial charge in [0.2, 0.25) is 0 Å². The molecule has 0 unspecified atom stereocenters. The Morgan fingerprint density at radius 1 is 1.06 bits per heavy atom. The van der Waals surface area contributed by atoms with Crippen LogP contribution in [0.2, 0.25) is 0 Å². The fourth-order valence-electron chi connectivity index (χ4n) is 7.96. The van der Waals surface area contributed by atoms with Gasteiger partial charge in [0.05, 0.1) is 22.9 Å². The number of sulfone groups is 1. The van der Waals surface area contributed by atoms with Gasteiger partial charge in [-0.3, -0.25) is 0 Å². The zero-order chi connectivity index (χ0) is 22.4. The molecule has 6 rings (SSSR count). The molecule has 0 aromatic heterocycles. The van der Waals surface area contributed by atoms with Crippen molar-refractivity contribution in [3.8, 4) is 5.75 Å². The van der Waals surface area contributed by atoms with E-state index in [4.69, 9.17) is 4.74 Å². The van der Waals surface area contributed by atoms with E-state index in [0.717, 1.165) is 31.4 Å². The molecule has 2 saturated carbocycles. The van der Waals surface area contributed by atoms with Gasteiger partial charge in [-0.1, -0.05) is 43.3 Å². The van der Waals surface area contributed by atoms with Gasteiger partial charge < -0.3 is 9.84 Å². The van der Waals surface area contributed by atoms with Crippen molar-refractivity contribution in [2.24, 2.45) is 16.7 Å². The summed E-state index contributed by atoms with van der Waals surface area (Å²) in [5.74, 6) is 1.37. The van der Waals surface area contributed by atoms with Crippen molar-refractivity contribution in [2.45, 2.75) is 60.7 Å². The third kappa shape index (κ3) is 2.29. The van der Waals surface area contributed by atoms with Crippen molar-refractivity contribution < 1.29 is 18.3 Å². The second-order valence-corrected chi connectivity index (χ2v) is 12.6. The quantitative estimate of drug-likeness (QED) is 0.690. The highest BCUT2D eigenvalue weighted by Gasteiger charge is 2.77. The van der Waals surface area contributed by atoms with E-state index < -0.39 is 31.5 Å². The van der Waals surface area contributed by atoms with Crippen LogP contribution >= 0.6 is 0 Å². The lowest BCUT2D eigenvalue weighted by Crippen LogP contribution is -2.56. The molecule has 2 aromatic rings. The van der Waals surface area contributed by atoms with Crippen molar-refractivity contribution in [3.05, 3.63) is 71.8 Å². The fraction of sp³-hybridized carbons (Fsp3) is 0.481. The van der Waals surface area contributed by atoms with Crippen LogP contribution in [0.5, 0.6) is 5.75 Å². The van der Waals surface area contributed by atoms with Crippen LogP contribution in [0.3, 0.4) is 0 Å². The predicted molar refractivity (Wildman–Crippen MR) is 123 cm³/mol. The number of benzene rings is 2. The van der Waals surface area contributed by atoms with Crippen LogP contribution in [-0.2, 0) is 16.3 Å². The summed E-state index contributed by atoms with van der Waals surface area (Å²) in [5.41, 5.74) is 0.576. The highest BCUT2D eigenvalue weighted by Crippen LogP contribution is 2.76. The average molecular weight is 451 g/mol. The van der Waals surface area contributed by atoms with Gasteiger partial charge in [0.1, 0.15) is 5.75 Å². The molecular weight excluding hydrogens is 420 g/mol. The van der Waals surface area contributed by atoms with Crippen molar-refractivity contribution in [3.63, 3.8) is 0 Å². The largest absolute Gasteiger partial charge is 0.497 e. The van der Waals surface area contributed by atoms with Gasteiger partial charge in [0.25, 0.3) is 0 Å². The smallest absolute Gasteiger partial charge is 0.182 e. The number of hydrogen-bond acceptors (Lipinski definition) is 4. The molecule has 32 heavy (non-hydrogen) atoms. The molecule has 168 valence electrons. The van der Waals surface area contributed by atoms with E-state index >= 15 is 0 Å². The monoisotopic (exact) mass is 450 g/mol. The summed E-state index contributed by atoms with van der Waals surface area (Å²) in [6, 6.07) is 15.2. The molecule has 0 radical (unpaired) electrons. The molecule has 0 amide bonds. The first kappa shape index (κ1) is 20.5. The molecular formula is C27H30O4S. The highest BCUT2D eigenvalue weighted by atomic mass is 32.2. The lowest BCUT2D eigenvalue weighted by Gasteiger charge is -2.57. The first-order valence-corrected chi connectivity index (χ1v) is 13.2. The van der Waals surface area contributed by atoms with E-state index in [-0.39, 0.29) is 12.3 Å². The Balaban J connectivity index is 1.51. The predicted octanol–water partition coefficient (Wildman–Crippen LogP) is 4.67. The Labute approximate surface area is 190 Å². The Morgan fingerprint density at radius 2 is 1.84 bits per heavy atom. The number of aryl methyl sites for hydroxylation is 1. The summed E-state index contributed by atoms with van der Waals surface area (Å²) in [6.07, 6.45) is 7.99. The minimum Gasteiger partial charge on any atom is -0.497 e. The highest BCUT2D eigenvalue weighted by molar-refractivity contribution is 7.92. The van der Waals surface area contributed by atoms with Crippen LogP contribution in [0.15, 0.2) is 65.6 Å². The van der Waals surface area contributed by atoms with E-state index in [0.29, 0.717) is 10.8 Å². The number of rotatable bonds is 3. The molecule has 2 fully saturated rings. The number of hydrogen-bond donors (Lipinski definition) is 1. The molecule has 0 spiro atoms. The van der Waals surface area contributed by atoms with Gasteiger partial charge in [-0.05, 0) is 79.3 Å². The van der Waals surface area contributed by atoms with E-state index in [1.54, 1.807) is 31.4 Å². The van der Waals surface area contributed by atoms with Crippen LogP contribution in [0.4, 0.5) is 0 Å². The first-order chi connectivity index (χ1) is 15.3. The number of ether oxygens (including phenoxy) is 1. The Bertz CT molecular complexity index is 1220. The summed E-state index contributed by atoms with van der Waals surface area (Å²) >= 11 is 0. The van der Waals surface area contributed by atoms with Gasteiger partial charge in [-0.25, -0.2) is 8.42 Å².